The van der Waals surface area contributed by atoms with Crippen LogP contribution in [-0.2, 0) is 0 Å². The first-order chi connectivity index (χ1) is 5.66. The summed E-state index contributed by atoms with van der Waals surface area (Å²) in [6.45, 7) is -0.235. The fourth-order valence-corrected chi connectivity index (χ4v) is 1.13. The molecule has 5 heteroatoms. The van der Waals surface area contributed by atoms with E-state index < -0.39 is 11.6 Å². The van der Waals surface area contributed by atoms with Crippen LogP contribution in [0.25, 0.3) is 0 Å². The molecule has 0 aliphatic carbocycles. The molecule has 0 aromatic heterocycles. The molecular formula is C8H8Cl2FNO. The molecule has 1 rings (SSSR count). The van der Waals surface area contributed by atoms with Crippen LogP contribution in [0.15, 0.2) is 18.2 Å². The summed E-state index contributed by atoms with van der Waals surface area (Å²) in [5, 5.41) is 0.102. The number of hydrogen-bond donors (Lipinski definition) is 1. The highest BCUT2D eigenvalue weighted by Gasteiger charge is 2.13. The monoisotopic (exact) mass is 223 g/mol. The van der Waals surface area contributed by atoms with Gasteiger partial charge in [-0.3, -0.25) is 4.79 Å². The molecule has 1 aromatic carbocycles. The highest BCUT2D eigenvalue weighted by atomic mass is 35.5. The van der Waals surface area contributed by atoms with Gasteiger partial charge in [0.05, 0.1) is 17.1 Å². The summed E-state index contributed by atoms with van der Waals surface area (Å²) in [4.78, 5) is 11.0. The number of carbonyl (C=O) groups excluding carboxylic acids is 1. The highest BCUT2D eigenvalue weighted by Crippen LogP contribution is 2.18. The summed E-state index contributed by atoms with van der Waals surface area (Å²) in [5.41, 5.74) is 4.94. The third-order valence-electron chi connectivity index (χ3n) is 1.43. The normalized spacial score (nSPS) is 9.15. The zero-order valence-electron chi connectivity index (χ0n) is 6.59. The molecule has 0 spiro atoms. The molecule has 0 saturated carbocycles. The molecular weight excluding hydrogens is 216 g/mol. The van der Waals surface area contributed by atoms with Crippen molar-refractivity contribution in [3.63, 3.8) is 0 Å². The number of rotatable bonds is 2. The molecule has 72 valence electrons. The molecule has 0 aliphatic rings. The molecule has 0 fully saturated rings. The molecule has 0 radical (unpaired) electrons. The van der Waals surface area contributed by atoms with E-state index in [1.165, 1.54) is 18.2 Å². The maximum Gasteiger partial charge on any atom is 0.180 e. The van der Waals surface area contributed by atoms with Gasteiger partial charge in [-0.1, -0.05) is 17.7 Å². The van der Waals surface area contributed by atoms with Gasteiger partial charge in [-0.15, -0.1) is 12.4 Å². The van der Waals surface area contributed by atoms with E-state index in [9.17, 15) is 9.18 Å². The summed E-state index contributed by atoms with van der Waals surface area (Å²) in [5.74, 6) is -1.11. The van der Waals surface area contributed by atoms with Crippen molar-refractivity contribution in [3.05, 3.63) is 34.6 Å². The van der Waals surface area contributed by atoms with Crippen molar-refractivity contribution in [1.82, 2.24) is 0 Å². The topological polar surface area (TPSA) is 43.1 Å². The van der Waals surface area contributed by atoms with E-state index in [-0.39, 0.29) is 29.5 Å². The van der Waals surface area contributed by atoms with Crippen LogP contribution in [0.3, 0.4) is 0 Å². The first-order valence-electron chi connectivity index (χ1n) is 3.34. The molecule has 0 amide bonds. The Labute approximate surface area is 86.3 Å². The molecule has 0 bridgehead atoms. The maximum atomic E-state index is 12.9. The first kappa shape index (κ1) is 12.4. The predicted octanol–water partition coefficient (Wildman–Crippen LogP) is 2.04. The van der Waals surface area contributed by atoms with Crippen LogP contribution in [0.5, 0.6) is 0 Å². The lowest BCUT2D eigenvalue weighted by molar-refractivity contribution is 0.0997. The molecule has 1 aromatic rings. The lowest BCUT2D eigenvalue weighted by Gasteiger charge is -2.01. The fourth-order valence-electron chi connectivity index (χ4n) is 0.866. The largest absolute Gasteiger partial charge is 0.324 e. The van der Waals surface area contributed by atoms with Crippen LogP contribution in [-0.4, -0.2) is 12.3 Å². The van der Waals surface area contributed by atoms with E-state index in [4.69, 9.17) is 17.3 Å². The summed E-state index contributed by atoms with van der Waals surface area (Å²) < 4.78 is 12.9. The van der Waals surface area contributed by atoms with E-state index in [1.54, 1.807) is 0 Å². The first-order valence-corrected chi connectivity index (χ1v) is 3.72. The second-order valence-corrected chi connectivity index (χ2v) is 2.63. The Kier molecular flexibility index (Phi) is 4.91. The van der Waals surface area contributed by atoms with Crippen molar-refractivity contribution < 1.29 is 9.18 Å². The molecule has 0 atom stereocenters. The highest BCUT2D eigenvalue weighted by molar-refractivity contribution is 6.34. The second-order valence-electron chi connectivity index (χ2n) is 2.22. The molecule has 0 saturated heterocycles. The van der Waals surface area contributed by atoms with Gasteiger partial charge < -0.3 is 5.73 Å². The number of Topliss-reactive ketones (excluding diaryl/α,β-unsaturated/α-hetero) is 1. The van der Waals surface area contributed by atoms with Gasteiger partial charge in [-0.05, 0) is 12.1 Å². The third-order valence-corrected chi connectivity index (χ3v) is 1.74. The minimum atomic E-state index is -0.627. The zero-order valence-corrected chi connectivity index (χ0v) is 8.16. The number of carbonyl (C=O) groups is 1. The van der Waals surface area contributed by atoms with Crippen LogP contribution in [0.4, 0.5) is 4.39 Å². The summed E-state index contributed by atoms with van der Waals surface area (Å²) in [7, 11) is 0. The summed E-state index contributed by atoms with van der Waals surface area (Å²) in [6, 6.07) is 4.06. The lowest BCUT2D eigenvalue weighted by Crippen LogP contribution is -2.15. The van der Waals surface area contributed by atoms with Crippen LogP contribution in [0.2, 0.25) is 5.02 Å². The standard InChI is InChI=1S/C8H7ClFNO.ClH/c9-5-2-1-3-6(10)8(5)7(12)4-11;/h1-3H,4,11H2;1H. The number of benzene rings is 1. The SMILES string of the molecule is Cl.NCC(=O)c1c(F)cccc1Cl. The van der Waals surface area contributed by atoms with Crippen molar-refractivity contribution in [3.8, 4) is 0 Å². The van der Waals surface area contributed by atoms with E-state index >= 15 is 0 Å². The van der Waals surface area contributed by atoms with Crippen LogP contribution in [0.1, 0.15) is 10.4 Å². The minimum absolute atomic E-state index is 0. The number of halogens is 3. The Morgan fingerprint density at radius 1 is 1.54 bits per heavy atom. The Bertz CT molecular complexity index is 297. The Morgan fingerprint density at radius 3 is 2.62 bits per heavy atom. The average Bonchev–Trinajstić information content (AvgIpc) is 2.03. The Hall–Kier alpha value is -0.640. The van der Waals surface area contributed by atoms with Crippen molar-refractivity contribution in [2.24, 2.45) is 5.73 Å². The quantitative estimate of drug-likeness (QED) is 0.781. The molecule has 13 heavy (non-hydrogen) atoms. The second kappa shape index (κ2) is 5.17. The third kappa shape index (κ3) is 2.66. The Balaban J connectivity index is 0.00000144. The van der Waals surface area contributed by atoms with Crippen LogP contribution >= 0.6 is 24.0 Å². The van der Waals surface area contributed by atoms with Crippen LogP contribution in [0, 0.1) is 5.82 Å². The number of ketones is 1. The van der Waals surface area contributed by atoms with Gasteiger partial charge in [0.15, 0.2) is 5.78 Å². The van der Waals surface area contributed by atoms with Crippen molar-refractivity contribution >= 4 is 29.8 Å². The van der Waals surface area contributed by atoms with Gasteiger partial charge in [0.25, 0.3) is 0 Å². The van der Waals surface area contributed by atoms with E-state index in [0.29, 0.717) is 0 Å². The smallest absolute Gasteiger partial charge is 0.180 e. The maximum absolute atomic E-state index is 12.9. The molecule has 0 heterocycles. The summed E-state index contributed by atoms with van der Waals surface area (Å²) >= 11 is 5.59. The van der Waals surface area contributed by atoms with E-state index in [1.807, 2.05) is 0 Å². The molecule has 2 nitrogen and oxygen atoms in total. The lowest BCUT2D eigenvalue weighted by atomic mass is 10.1. The van der Waals surface area contributed by atoms with Gasteiger partial charge in [-0.25, -0.2) is 4.39 Å². The number of nitrogens with two attached hydrogens (primary N) is 1. The minimum Gasteiger partial charge on any atom is -0.324 e. The van der Waals surface area contributed by atoms with Gasteiger partial charge in [0.1, 0.15) is 5.82 Å². The van der Waals surface area contributed by atoms with Gasteiger partial charge >= 0.3 is 0 Å². The van der Waals surface area contributed by atoms with Gasteiger partial charge in [0.2, 0.25) is 0 Å². The molecule has 2 N–H and O–H groups in total. The predicted molar refractivity (Wildman–Crippen MR) is 52.0 cm³/mol. The van der Waals surface area contributed by atoms with E-state index in [0.717, 1.165) is 0 Å². The fraction of sp³-hybridized carbons (Fsp3) is 0.125. The number of hydrogen-bond acceptors (Lipinski definition) is 2. The van der Waals surface area contributed by atoms with Crippen LogP contribution < -0.4 is 5.73 Å². The van der Waals surface area contributed by atoms with Gasteiger partial charge in [0, 0.05) is 0 Å². The average molecular weight is 224 g/mol. The van der Waals surface area contributed by atoms with Crippen molar-refractivity contribution in [2.45, 2.75) is 0 Å². The molecule has 0 unspecified atom stereocenters. The van der Waals surface area contributed by atoms with Crippen molar-refractivity contribution in [2.75, 3.05) is 6.54 Å². The zero-order chi connectivity index (χ0) is 9.14. The van der Waals surface area contributed by atoms with Crippen molar-refractivity contribution in [1.29, 1.82) is 0 Å². The van der Waals surface area contributed by atoms with Gasteiger partial charge in [-0.2, -0.15) is 0 Å². The van der Waals surface area contributed by atoms with E-state index in [2.05, 4.69) is 0 Å². The molecule has 0 aliphatic heterocycles. The Morgan fingerprint density at radius 2 is 2.15 bits per heavy atom. The summed E-state index contributed by atoms with van der Waals surface area (Å²) in [6.07, 6.45) is 0.